The van der Waals surface area contributed by atoms with Gasteiger partial charge in [0.05, 0.1) is 17.6 Å². The number of amides is 2. The van der Waals surface area contributed by atoms with Gasteiger partial charge in [0.2, 0.25) is 0 Å². The van der Waals surface area contributed by atoms with Crippen LogP contribution in [-0.4, -0.2) is 28.1 Å². The molecule has 2 aromatic carbocycles. The number of nitrogens with zero attached hydrogens (tertiary/aromatic N) is 1. The third-order valence-corrected chi connectivity index (χ3v) is 4.83. The number of hydrogen-bond donors (Lipinski definition) is 0. The molecule has 1 aliphatic heterocycles. The maximum Gasteiger partial charge on any atom is 0.273 e. The Balaban J connectivity index is 1.94. The standard InChI is InChI=1S/C18H12FNO3S2/c1-23-14-9-5-2-6-11(14)10-15-17(22)20(18(24)25-15)16(21)12-7-3-4-8-13(12)19/h2-10H,1H3/b15-10+. The van der Waals surface area contributed by atoms with E-state index in [2.05, 4.69) is 0 Å². The quantitative estimate of drug-likeness (QED) is 0.464. The van der Waals surface area contributed by atoms with Gasteiger partial charge in [-0.05, 0) is 24.3 Å². The van der Waals surface area contributed by atoms with Crippen molar-refractivity contribution in [3.05, 3.63) is 70.4 Å². The molecule has 3 rings (SSSR count). The molecule has 1 heterocycles. The summed E-state index contributed by atoms with van der Waals surface area (Å²) in [6, 6.07) is 12.6. The highest BCUT2D eigenvalue weighted by atomic mass is 32.2. The van der Waals surface area contributed by atoms with Crippen LogP contribution >= 0.6 is 24.0 Å². The van der Waals surface area contributed by atoms with Crippen molar-refractivity contribution in [2.75, 3.05) is 7.11 Å². The Kier molecular flexibility index (Phi) is 4.96. The van der Waals surface area contributed by atoms with Crippen LogP contribution in [0.3, 0.4) is 0 Å². The van der Waals surface area contributed by atoms with Gasteiger partial charge in [0.1, 0.15) is 11.6 Å². The molecule has 0 bridgehead atoms. The lowest BCUT2D eigenvalue weighted by molar-refractivity contribution is -0.120. The van der Waals surface area contributed by atoms with Crippen molar-refractivity contribution in [2.45, 2.75) is 0 Å². The first-order valence-corrected chi connectivity index (χ1v) is 8.45. The van der Waals surface area contributed by atoms with E-state index in [1.165, 1.54) is 25.3 Å². The highest BCUT2D eigenvalue weighted by Crippen LogP contribution is 2.35. The largest absolute Gasteiger partial charge is 0.496 e. The molecular weight excluding hydrogens is 361 g/mol. The first-order chi connectivity index (χ1) is 12.0. The van der Waals surface area contributed by atoms with Crippen LogP contribution in [0.1, 0.15) is 15.9 Å². The summed E-state index contributed by atoms with van der Waals surface area (Å²) in [5.74, 6) is -1.46. The highest BCUT2D eigenvalue weighted by Gasteiger charge is 2.38. The molecular formula is C18H12FNO3S2. The van der Waals surface area contributed by atoms with Crippen molar-refractivity contribution < 1.29 is 18.7 Å². The molecule has 0 unspecified atom stereocenters. The predicted molar refractivity (Wildman–Crippen MR) is 98.7 cm³/mol. The summed E-state index contributed by atoms with van der Waals surface area (Å²) in [7, 11) is 1.53. The summed E-state index contributed by atoms with van der Waals surface area (Å²) in [5, 5.41) is 0. The fourth-order valence-corrected chi connectivity index (χ4v) is 3.57. The fraction of sp³-hybridized carbons (Fsp3) is 0.0556. The maximum atomic E-state index is 13.9. The summed E-state index contributed by atoms with van der Waals surface area (Å²) in [6.07, 6.45) is 1.60. The first-order valence-electron chi connectivity index (χ1n) is 7.22. The van der Waals surface area contributed by atoms with Gasteiger partial charge in [-0.25, -0.2) is 9.29 Å². The summed E-state index contributed by atoms with van der Waals surface area (Å²) < 4.78 is 19.2. The van der Waals surface area contributed by atoms with E-state index >= 15 is 0 Å². The van der Waals surface area contributed by atoms with Crippen molar-refractivity contribution in [1.82, 2.24) is 4.90 Å². The van der Waals surface area contributed by atoms with E-state index in [0.29, 0.717) is 11.3 Å². The molecule has 126 valence electrons. The average molecular weight is 373 g/mol. The molecule has 0 N–H and O–H groups in total. The van der Waals surface area contributed by atoms with Gasteiger partial charge < -0.3 is 4.74 Å². The van der Waals surface area contributed by atoms with Gasteiger partial charge in [0.15, 0.2) is 4.32 Å². The molecule has 2 amide bonds. The minimum Gasteiger partial charge on any atom is -0.496 e. The van der Waals surface area contributed by atoms with E-state index in [9.17, 15) is 14.0 Å². The number of para-hydroxylation sites is 1. The number of imide groups is 1. The summed E-state index contributed by atoms with van der Waals surface area (Å²) in [5.41, 5.74) is 0.487. The molecule has 1 saturated heterocycles. The zero-order chi connectivity index (χ0) is 18.0. The number of thiocarbonyl (C=S) groups is 1. The monoisotopic (exact) mass is 373 g/mol. The second kappa shape index (κ2) is 7.16. The minimum atomic E-state index is -0.774. The Labute approximate surface area is 153 Å². The third kappa shape index (κ3) is 3.33. The predicted octanol–water partition coefficient (Wildman–Crippen LogP) is 3.88. The van der Waals surface area contributed by atoms with Gasteiger partial charge in [0.25, 0.3) is 11.8 Å². The molecule has 0 aliphatic carbocycles. The van der Waals surface area contributed by atoms with Crippen molar-refractivity contribution in [1.29, 1.82) is 0 Å². The van der Waals surface area contributed by atoms with Gasteiger partial charge in [-0.1, -0.05) is 54.3 Å². The number of carbonyl (C=O) groups excluding carboxylic acids is 2. The van der Waals surface area contributed by atoms with Crippen LogP contribution in [0.2, 0.25) is 0 Å². The molecule has 0 aromatic heterocycles. The van der Waals surface area contributed by atoms with Crippen molar-refractivity contribution in [2.24, 2.45) is 0 Å². The van der Waals surface area contributed by atoms with Crippen LogP contribution in [0, 0.1) is 5.82 Å². The van der Waals surface area contributed by atoms with E-state index in [0.717, 1.165) is 22.7 Å². The Hall–Kier alpha value is -2.51. The molecule has 0 saturated carbocycles. The zero-order valence-corrected chi connectivity index (χ0v) is 14.7. The molecule has 1 fully saturated rings. The van der Waals surface area contributed by atoms with Crippen LogP contribution < -0.4 is 4.74 Å². The van der Waals surface area contributed by atoms with E-state index < -0.39 is 17.6 Å². The molecule has 0 spiro atoms. The second-order valence-electron chi connectivity index (χ2n) is 5.04. The van der Waals surface area contributed by atoms with Crippen LogP contribution in [0.15, 0.2) is 53.4 Å². The average Bonchev–Trinajstić information content (AvgIpc) is 2.89. The summed E-state index contributed by atoms with van der Waals surface area (Å²) in [6.45, 7) is 0. The van der Waals surface area contributed by atoms with Crippen molar-refractivity contribution >= 4 is 46.2 Å². The van der Waals surface area contributed by atoms with Gasteiger partial charge >= 0.3 is 0 Å². The minimum absolute atomic E-state index is 0.0689. The summed E-state index contributed by atoms with van der Waals surface area (Å²) in [4.78, 5) is 26.2. The normalized spacial score (nSPS) is 15.8. The van der Waals surface area contributed by atoms with Gasteiger partial charge in [0, 0.05) is 5.56 Å². The van der Waals surface area contributed by atoms with Crippen LogP contribution in [0.25, 0.3) is 6.08 Å². The lowest BCUT2D eigenvalue weighted by atomic mass is 10.1. The maximum absolute atomic E-state index is 13.9. The third-order valence-electron chi connectivity index (χ3n) is 3.53. The van der Waals surface area contributed by atoms with Crippen molar-refractivity contribution in [3.8, 4) is 5.75 Å². The van der Waals surface area contributed by atoms with Gasteiger partial charge in [-0.15, -0.1) is 0 Å². The topological polar surface area (TPSA) is 46.6 Å². The Morgan fingerprint density at radius 1 is 1.20 bits per heavy atom. The van der Waals surface area contributed by atoms with E-state index in [1.807, 2.05) is 6.07 Å². The fourth-order valence-electron chi connectivity index (χ4n) is 2.32. The van der Waals surface area contributed by atoms with Crippen LogP contribution in [0.5, 0.6) is 5.75 Å². The number of rotatable bonds is 3. The van der Waals surface area contributed by atoms with Crippen molar-refractivity contribution in [3.63, 3.8) is 0 Å². The SMILES string of the molecule is COc1ccccc1/C=C1/SC(=S)N(C(=O)c2ccccc2F)C1=O. The lowest BCUT2D eigenvalue weighted by Gasteiger charge is -2.12. The lowest BCUT2D eigenvalue weighted by Crippen LogP contribution is -2.35. The number of thioether (sulfide) groups is 1. The van der Waals surface area contributed by atoms with Crippen LogP contribution in [-0.2, 0) is 4.79 Å². The van der Waals surface area contributed by atoms with E-state index in [1.54, 1.807) is 24.3 Å². The number of methoxy groups -OCH3 is 1. The molecule has 0 radical (unpaired) electrons. The Morgan fingerprint density at radius 3 is 2.60 bits per heavy atom. The number of halogens is 1. The zero-order valence-electron chi connectivity index (χ0n) is 13.1. The molecule has 2 aromatic rings. The Bertz CT molecular complexity index is 911. The number of carbonyl (C=O) groups is 2. The molecule has 4 nitrogen and oxygen atoms in total. The number of hydrogen-bond acceptors (Lipinski definition) is 5. The highest BCUT2D eigenvalue weighted by molar-refractivity contribution is 8.26. The van der Waals surface area contributed by atoms with Crippen LogP contribution in [0.4, 0.5) is 4.39 Å². The second-order valence-corrected chi connectivity index (χ2v) is 6.72. The van der Waals surface area contributed by atoms with Gasteiger partial charge in [-0.2, -0.15) is 0 Å². The van der Waals surface area contributed by atoms with Gasteiger partial charge in [-0.3, -0.25) is 9.59 Å². The number of benzene rings is 2. The van der Waals surface area contributed by atoms with E-state index in [-0.39, 0.29) is 14.8 Å². The molecule has 7 heteroatoms. The number of ether oxygens (including phenoxy) is 1. The molecule has 25 heavy (non-hydrogen) atoms. The smallest absolute Gasteiger partial charge is 0.273 e. The first kappa shape index (κ1) is 17.3. The Morgan fingerprint density at radius 2 is 1.88 bits per heavy atom. The van der Waals surface area contributed by atoms with E-state index in [4.69, 9.17) is 17.0 Å². The molecule has 0 atom stereocenters. The molecule has 1 aliphatic rings. The summed E-state index contributed by atoms with van der Waals surface area (Å²) >= 11 is 6.14.